The van der Waals surface area contributed by atoms with Gasteiger partial charge in [-0.1, -0.05) is 6.07 Å². The Labute approximate surface area is 163 Å². The van der Waals surface area contributed by atoms with Crippen molar-refractivity contribution in [2.24, 2.45) is 4.99 Å². The van der Waals surface area contributed by atoms with Crippen molar-refractivity contribution in [2.75, 3.05) is 32.7 Å². The maximum absolute atomic E-state index is 14.0. The standard InChI is InChI=1S/C20H24FN5S/c1-2-23-20(24-14-17-12-16(13-22)5-6-19(17)21)26-9-7-25(8-10-26)15-18-4-3-11-27-18/h3-6,11-12H,2,7-10,14-15H2,1H3,(H,23,24). The number of guanidine groups is 1. The summed E-state index contributed by atoms with van der Waals surface area (Å²) in [4.78, 5) is 10.7. The normalized spacial score (nSPS) is 15.6. The zero-order valence-electron chi connectivity index (χ0n) is 15.5. The molecule has 0 aliphatic carbocycles. The number of benzene rings is 1. The highest BCUT2D eigenvalue weighted by Gasteiger charge is 2.20. The summed E-state index contributed by atoms with van der Waals surface area (Å²) in [6, 6.07) is 10.7. The van der Waals surface area contributed by atoms with Crippen LogP contribution in [0.15, 0.2) is 40.7 Å². The molecule has 1 aromatic carbocycles. The van der Waals surface area contributed by atoms with Crippen LogP contribution in [0, 0.1) is 17.1 Å². The summed E-state index contributed by atoms with van der Waals surface area (Å²) < 4.78 is 14.0. The molecule has 0 unspecified atom stereocenters. The van der Waals surface area contributed by atoms with Crippen molar-refractivity contribution in [3.8, 4) is 6.07 Å². The molecule has 0 bridgehead atoms. The zero-order valence-corrected chi connectivity index (χ0v) is 16.3. The van der Waals surface area contributed by atoms with Crippen LogP contribution in [-0.2, 0) is 13.1 Å². The van der Waals surface area contributed by atoms with Gasteiger partial charge in [-0.2, -0.15) is 5.26 Å². The van der Waals surface area contributed by atoms with Crippen LogP contribution in [0.1, 0.15) is 22.9 Å². The van der Waals surface area contributed by atoms with Crippen LogP contribution >= 0.6 is 11.3 Å². The maximum Gasteiger partial charge on any atom is 0.194 e. The summed E-state index contributed by atoms with van der Waals surface area (Å²) in [5.41, 5.74) is 0.898. The van der Waals surface area contributed by atoms with E-state index in [0.29, 0.717) is 11.1 Å². The van der Waals surface area contributed by atoms with Crippen LogP contribution in [0.3, 0.4) is 0 Å². The molecule has 0 amide bonds. The molecule has 0 radical (unpaired) electrons. The number of nitrogens with one attached hydrogen (secondary N) is 1. The number of hydrogen-bond donors (Lipinski definition) is 1. The van der Waals surface area contributed by atoms with E-state index in [1.165, 1.54) is 17.0 Å². The Balaban J connectivity index is 1.62. The van der Waals surface area contributed by atoms with Crippen LogP contribution in [0.2, 0.25) is 0 Å². The lowest BCUT2D eigenvalue weighted by Gasteiger charge is -2.36. The lowest BCUT2D eigenvalue weighted by molar-refractivity contribution is 0.173. The number of halogens is 1. The summed E-state index contributed by atoms with van der Waals surface area (Å²) in [6.45, 7) is 7.72. The Morgan fingerprint density at radius 3 is 2.78 bits per heavy atom. The van der Waals surface area contributed by atoms with Gasteiger partial charge >= 0.3 is 0 Å². The molecule has 0 spiro atoms. The van der Waals surface area contributed by atoms with E-state index >= 15 is 0 Å². The first kappa shape index (κ1) is 19.3. The van der Waals surface area contributed by atoms with Crippen molar-refractivity contribution in [1.82, 2.24) is 15.1 Å². The molecular formula is C20H24FN5S. The molecule has 1 aliphatic heterocycles. The van der Waals surface area contributed by atoms with Crippen LogP contribution in [0.5, 0.6) is 0 Å². The van der Waals surface area contributed by atoms with Crippen LogP contribution < -0.4 is 5.32 Å². The van der Waals surface area contributed by atoms with Crippen molar-refractivity contribution < 1.29 is 4.39 Å². The summed E-state index contributed by atoms with van der Waals surface area (Å²) in [5.74, 6) is 0.476. The third kappa shape index (κ3) is 5.28. The highest BCUT2D eigenvalue weighted by molar-refractivity contribution is 7.09. The smallest absolute Gasteiger partial charge is 0.194 e. The van der Waals surface area contributed by atoms with Crippen molar-refractivity contribution >= 4 is 17.3 Å². The maximum atomic E-state index is 14.0. The van der Waals surface area contributed by atoms with Gasteiger partial charge in [0.1, 0.15) is 5.82 Å². The van der Waals surface area contributed by atoms with E-state index in [-0.39, 0.29) is 12.4 Å². The van der Waals surface area contributed by atoms with Crippen molar-refractivity contribution in [1.29, 1.82) is 5.26 Å². The van der Waals surface area contributed by atoms with Crippen molar-refractivity contribution in [3.05, 3.63) is 57.5 Å². The zero-order chi connectivity index (χ0) is 19.1. The van der Waals surface area contributed by atoms with Crippen LogP contribution in [-0.4, -0.2) is 48.5 Å². The molecule has 7 heteroatoms. The first-order chi connectivity index (χ1) is 13.2. The number of aliphatic imine (C=N–C) groups is 1. The fraction of sp³-hybridized carbons (Fsp3) is 0.400. The number of thiophene rings is 1. The average Bonchev–Trinajstić information content (AvgIpc) is 3.20. The fourth-order valence-electron chi connectivity index (χ4n) is 3.09. The SMILES string of the molecule is CCNC(=NCc1cc(C#N)ccc1F)N1CCN(Cc2cccs2)CC1. The summed E-state index contributed by atoms with van der Waals surface area (Å²) in [5, 5.41) is 14.4. The van der Waals surface area contributed by atoms with E-state index in [9.17, 15) is 4.39 Å². The number of hydrogen-bond acceptors (Lipinski definition) is 4. The third-order valence-electron chi connectivity index (χ3n) is 4.54. The van der Waals surface area contributed by atoms with Gasteiger partial charge < -0.3 is 10.2 Å². The Bertz CT molecular complexity index is 804. The highest BCUT2D eigenvalue weighted by atomic mass is 32.1. The van der Waals surface area contributed by atoms with Crippen LogP contribution in [0.4, 0.5) is 4.39 Å². The first-order valence-corrected chi connectivity index (χ1v) is 10.0. The molecule has 1 saturated heterocycles. The molecule has 2 aromatic rings. The number of piperazine rings is 1. The van der Waals surface area contributed by atoms with Gasteiger partial charge in [0.2, 0.25) is 0 Å². The number of nitrogens with zero attached hydrogens (tertiary/aromatic N) is 4. The number of rotatable bonds is 5. The molecule has 1 fully saturated rings. The van der Waals surface area contributed by atoms with Gasteiger partial charge in [-0.05, 0) is 36.6 Å². The minimum atomic E-state index is -0.325. The van der Waals surface area contributed by atoms with E-state index in [4.69, 9.17) is 5.26 Å². The van der Waals surface area contributed by atoms with Gasteiger partial charge in [0.25, 0.3) is 0 Å². The summed E-state index contributed by atoms with van der Waals surface area (Å²) >= 11 is 1.79. The Morgan fingerprint density at radius 2 is 2.11 bits per heavy atom. The molecule has 142 valence electrons. The van der Waals surface area contributed by atoms with E-state index in [0.717, 1.165) is 45.2 Å². The lowest BCUT2D eigenvalue weighted by Crippen LogP contribution is -2.52. The molecule has 2 heterocycles. The Kier molecular flexibility index (Phi) is 6.80. The summed E-state index contributed by atoms with van der Waals surface area (Å²) in [7, 11) is 0. The Morgan fingerprint density at radius 1 is 1.30 bits per heavy atom. The molecule has 27 heavy (non-hydrogen) atoms. The van der Waals surface area contributed by atoms with E-state index in [1.807, 2.05) is 13.0 Å². The topological polar surface area (TPSA) is 54.7 Å². The second kappa shape index (κ2) is 9.49. The van der Waals surface area contributed by atoms with Crippen LogP contribution in [0.25, 0.3) is 0 Å². The fourth-order valence-corrected chi connectivity index (χ4v) is 3.84. The van der Waals surface area contributed by atoms with Gasteiger partial charge in [-0.3, -0.25) is 4.90 Å². The molecule has 1 N–H and O–H groups in total. The highest BCUT2D eigenvalue weighted by Crippen LogP contribution is 2.15. The van der Waals surface area contributed by atoms with Gasteiger partial charge in [0.15, 0.2) is 5.96 Å². The lowest BCUT2D eigenvalue weighted by atomic mass is 10.1. The number of nitriles is 1. The molecule has 0 saturated carbocycles. The third-order valence-corrected chi connectivity index (χ3v) is 5.40. The first-order valence-electron chi connectivity index (χ1n) is 9.16. The minimum Gasteiger partial charge on any atom is -0.357 e. The van der Waals surface area contributed by atoms with E-state index < -0.39 is 0 Å². The largest absolute Gasteiger partial charge is 0.357 e. The van der Waals surface area contributed by atoms with Gasteiger partial charge in [0, 0.05) is 49.7 Å². The Hall–Kier alpha value is -2.43. The van der Waals surface area contributed by atoms with Gasteiger partial charge in [-0.25, -0.2) is 9.38 Å². The molecule has 1 aromatic heterocycles. The van der Waals surface area contributed by atoms with Crippen molar-refractivity contribution in [2.45, 2.75) is 20.0 Å². The average molecular weight is 386 g/mol. The predicted octanol–water partition coefficient (Wildman–Crippen LogP) is 3.04. The molecular weight excluding hydrogens is 361 g/mol. The summed E-state index contributed by atoms with van der Waals surface area (Å²) in [6.07, 6.45) is 0. The molecule has 3 rings (SSSR count). The van der Waals surface area contributed by atoms with E-state index in [1.54, 1.807) is 17.4 Å². The quantitative estimate of drug-likeness (QED) is 0.635. The second-order valence-corrected chi connectivity index (χ2v) is 7.46. The molecule has 5 nitrogen and oxygen atoms in total. The van der Waals surface area contributed by atoms with E-state index in [2.05, 4.69) is 37.6 Å². The van der Waals surface area contributed by atoms with Gasteiger partial charge in [-0.15, -0.1) is 11.3 Å². The molecule has 0 atom stereocenters. The monoisotopic (exact) mass is 385 g/mol. The van der Waals surface area contributed by atoms with Crippen molar-refractivity contribution in [3.63, 3.8) is 0 Å². The molecule has 1 aliphatic rings. The van der Waals surface area contributed by atoms with Gasteiger partial charge in [0.05, 0.1) is 18.2 Å². The second-order valence-electron chi connectivity index (χ2n) is 6.43. The predicted molar refractivity (Wildman–Crippen MR) is 107 cm³/mol. The minimum absolute atomic E-state index is 0.221.